The second-order valence-electron chi connectivity index (χ2n) is 7.53. The first-order valence-corrected chi connectivity index (χ1v) is 11.0. The van der Waals surface area contributed by atoms with Crippen LogP contribution in [0.3, 0.4) is 0 Å². The van der Waals surface area contributed by atoms with Crippen LogP contribution >= 0.6 is 0 Å². The lowest BCUT2D eigenvalue weighted by molar-refractivity contribution is 0.0496. The van der Waals surface area contributed by atoms with Gasteiger partial charge in [0.25, 0.3) is 0 Å². The molecule has 3 aromatic carbocycles. The summed E-state index contributed by atoms with van der Waals surface area (Å²) >= 11 is 0. The van der Waals surface area contributed by atoms with Gasteiger partial charge in [-0.2, -0.15) is 0 Å². The summed E-state index contributed by atoms with van der Waals surface area (Å²) in [6.45, 7) is 2.44. The quantitative estimate of drug-likeness (QED) is 0.168. The van der Waals surface area contributed by atoms with Crippen LogP contribution in [-0.4, -0.2) is 17.6 Å². The van der Waals surface area contributed by atoms with Crippen molar-refractivity contribution in [2.24, 2.45) is 0 Å². The van der Waals surface area contributed by atoms with E-state index in [0.29, 0.717) is 25.1 Å². The molecule has 158 valence electrons. The minimum Gasteiger partial charge on any atom is -0.461 e. The highest BCUT2D eigenvalue weighted by Crippen LogP contribution is 2.35. The number of nitrogens with one attached hydrogen (secondary N) is 1. The Morgan fingerprint density at radius 3 is 2.16 bits per heavy atom. The number of fused-ring (bicyclic) bond motifs is 6. The third kappa shape index (κ3) is 4.69. The molecule has 0 saturated heterocycles. The van der Waals surface area contributed by atoms with E-state index in [1.54, 1.807) is 12.2 Å². The van der Waals surface area contributed by atoms with Crippen LogP contribution in [0.2, 0.25) is 0 Å². The summed E-state index contributed by atoms with van der Waals surface area (Å²) in [5, 5.41) is 5.60. The minimum atomic E-state index is -0.339. The second-order valence-corrected chi connectivity index (χ2v) is 7.53. The molecule has 4 rings (SSSR count). The van der Waals surface area contributed by atoms with Crippen molar-refractivity contribution in [3.8, 4) is 23.7 Å². The maximum atomic E-state index is 12.6. The van der Waals surface area contributed by atoms with Crippen molar-refractivity contribution in [3.05, 3.63) is 72.4 Å². The van der Waals surface area contributed by atoms with Gasteiger partial charge in [0.15, 0.2) is 0 Å². The van der Waals surface area contributed by atoms with E-state index >= 15 is 0 Å². The monoisotopic (exact) mass is 419 g/mol. The normalized spacial score (nSPS) is 10.8. The zero-order valence-corrected chi connectivity index (χ0v) is 18.2. The lowest BCUT2D eigenvalue weighted by atomic mass is 9.98. The summed E-state index contributed by atoms with van der Waals surface area (Å²) in [4.78, 5) is 15.9. The number of carbonyl (C=O) groups is 1. The van der Waals surface area contributed by atoms with Gasteiger partial charge in [0.1, 0.15) is 5.69 Å². The van der Waals surface area contributed by atoms with E-state index in [0.717, 1.165) is 34.5 Å². The molecule has 1 heterocycles. The molecule has 1 N–H and O–H groups in total. The Bertz CT molecular complexity index is 1340. The van der Waals surface area contributed by atoms with Gasteiger partial charge in [-0.25, -0.2) is 4.79 Å². The maximum absolute atomic E-state index is 12.6. The van der Waals surface area contributed by atoms with Gasteiger partial charge in [-0.15, -0.1) is 0 Å². The minimum absolute atomic E-state index is 0.338. The fraction of sp³-hybridized carbons (Fsp3) is 0.207. The molecule has 32 heavy (non-hydrogen) atoms. The average molecular weight is 420 g/mol. The van der Waals surface area contributed by atoms with Crippen molar-refractivity contribution in [1.82, 2.24) is 4.98 Å². The number of carbonyl (C=O) groups excluding carboxylic acids is 1. The lowest BCUT2D eigenvalue weighted by Crippen LogP contribution is -2.06. The Labute approximate surface area is 188 Å². The van der Waals surface area contributed by atoms with Crippen LogP contribution in [0.4, 0.5) is 0 Å². The third-order valence-corrected chi connectivity index (χ3v) is 5.25. The third-order valence-electron chi connectivity index (χ3n) is 5.25. The summed E-state index contributed by atoms with van der Waals surface area (Å²) < 4.78 is 5.48. The van der Waals surface area contributed by atoms with Crippen molar-refractivity contribution in [3.63, 3.8) is 0 Å². The molecule has 0 unspecified atom stereocenters. The zero-order valence-electron chi connectivity index (χ0n) is 18.2. The largest absolute Gasteiger partial charge is 0.461 e. The molecular weight excluding hydrogens is 394 g/mol. The van der Waals surface area contributed by atoms with Crippen LogP contribution in [0.15, 0.2) is 66.7 Å². The number of benzene rings is 3. The number of hydrogen-bond donors (Lipinski definition) is 1. The molecule has 4 aromatic rings. The van der Waals surface area contributed by atoms with Gasteiger partial charge in [0, 0.05) is 23.6 Å². The van der Waals surface area contributed by atoms with Gasteiger partial charge < -0.3 is 9.72 Å². The van der Waals surface area contributed by atoms with E-state index in [-0.39, 0.29) is 5.97 Å². The number of unbranched alkanes of at least 4 members (excludes halogenated alkanes) is 2. The van der Waals surface area contributed by atoms with Gasteiger partial charge in [0.2, 0.25) is 0 Å². The predicted octanol–water partition coefficient (Wildman–Crippen LogP) is 6.77. The molecule has 0 bridgehead atoms. The van der Waals surface area contributed by atoms with Crippen molar-refractivity contribution >= 4 is 38.4 Å². The van der Waals surface area contributed by atoms with E-state index in [2.05, 4.69) is 59.9 Å². The smallest absolute Gasteiger partial charge is 0.354 e. The molecule has 0 radical (unpaired) electrons. The standard InChI is InChI=1S/C29H25NO2/c1-2-3-4-5-6-7-8-9-10-15-20-32-29(31)27-21-26-24-18-12-11-16-22(24)23-17-13-14-19-25(23)28(26)30-27/h6-7,11-14,16-19,21,30H,2-3,10,15,20H2,1H3/b7-6-. The van der Waals surface area contributed by atoms with Gasteiger partial charge in [0.05, 0.1) is 12.1 Å². The SMILES string of the molecule is CCCC#C/C=C\C#CCCCOC(=O)c1cc2c3ccccc3c3ccccc3c2[nH]1. The van der Waals surface area contributed by atoms with E-state index in [9.17, 15) is 4.79 Å². The number of allylic oxidation sites excluding steroid dienone is 2. The van der Waals surface area contributed by atoms with Gasteiger partial charge in [-0.3, -0.25) is 0 Å². The summed E-state index contributed by atoms with van der Waals surface area (Å²) in [6.07, 6.45) is 6.87. The average Bonchev–Trinajstić information content (AvgIpc) is 3.29. The number of esters is 1. The number of aromatic amines is 1. The van der Waals surface area contributed by atoms with Crippen LogP contribution in [0.25, 0.3) is 32.4 Å². The van der Waals surface area contributed by atoms with Gasteiger partial charge in [-0.1, -0.05) is 79.1 Å². The van der Waals surface area contributed by atoms with Crippen LogP contribution in [0.5, 0.6) is 0 Å². The number of aromatic nitrogens is 1. The van der Waals surface area contributed by atoms with E-state index in [1.165, 1.54) is 10.8 Å². The topological polar surface area (TPSA) is 42.1 Å². The predicted molar refractivity (Wildman–Crippen MR) is 132 cm³/mol. The highest BCUT2D eigenvalue weighted by molar-refractivity contribution is 6.25. The molecule has 3 heteroatoms. The molecule has 0 saturated carbocycles. The first-order chi connectivity index (χ1) is 15.8. The van der Waals surface area contributed by atoms with Crippen LogP contribution in [-0.2, 0) is 4.74 Å². The molecule has 3 nitrogen and oxygen atoms in total. The number of ether oxygens (including phenoxy) is 1. The lowest BCUT2D eigenvalue weighted by Gasteiger charge is -2.06. The van der Waals surface area contributed by atoms with Crippen LogP contribution in [0.1, 0.15) is 43.1 Å². The van der Waals surface area contributed by atoms with Gasteiger partial charge >= 0.3 is 5.97 Å². The highest BCUT2D eigenvalue weighted by Gasteiger charge is 2.15. The van der Waals surface area contributed by atoms with Crippen LogP contribution < -0.4 is 0 Å². The first-order valence-electron chi connectivity index (χ1n) is 11.0. The van der Waals surface area contributed by atoms with Gasteiger partial charge in [-0.05, 0) is 47.2 Å². The Balaban J connectivity index is 1.43. The van der Waals surface area contributed by atoms with Crippen molar-refractivity contribution in [2.45, 2.75) is 32.6 Å². The molecule has 1 aromatic heterocycles. The summed E-state index contributed by atoms with van der Waals surface area (Å²) in [5.41, 5.74) is 1.44. The molecule has 0 aliphatic rings. The zero-order chi connectivity index (χ0) is 22.2. The Hall–Kier alpha value is -3.95. The Morgan fingerprint density at radius 1 is 0.875 bits per heavy atom. The van der Waals surface area contributed by atoms with Crippen molar-refractivity contribution in [1.29, 1.82) is 0 Å². The molecule has 0 fully saturated rings. The molecule has 0 aliphatic heterocycles. The fourth-order valence-corrected chi connectivity index (χ4v) is 3.75. The summed E-state index contributed by atoms with van der Waals surface area (Å²) in [5.74, 6) is 11.6. The molecule has 0 amide bonds. The maximum Gasteiger partial charge on any atom is 0.354 e. The summed E-state index contributed by atoms with van der Waals surface area (Å²) in [7, 11) is 0. The first kappa shape index (κ1) is 21.3. The summed E-state index contributed by atoms with van der Waals surface area (Å²) in [6, 6.07) is 18.4. The highest BCUT2D eigenvalue weighted by atomic mass is 16.5. The van der Waals surface area contributed by atoms with Crippen LogP contribution in [0, 0.1) is 23.7 Å². The number of hydrogen-bond acceptors (Lipinski definition) is 2. The Kier molecular flexibility index (Phi) is 6.91. The second kappa shape index (κ2) is 10.4. The molecule has 0 atom stereocenters. The van der Waals surface area contributed by atoms with Crippen molar-refractivity contribution in [2.75, 3.05) is 6.61 Å². The Morgan fingerprint density at radius 2 is 1.47 bits per heavy atom. The molecular formula is C29H25NO2. The number of H-pyrrole nitrogens is 1. The molecule has 0 aliphatic carbocycles. The van der Waals surface area contributed by atoms with E-state index in [1.807, 2.05) is 30.3 Å². The van der Waals surface area contributed by atoms with E-state index < -0.39 is 0 Å². The van der Waals surface area contributed by atoms with Crippen molar-refractivity contribution < 1.29 is 9.53 Å². The van der Waals surface area contributed by atoms with E-state index in [4.69, 9.17) is 4.74 Å². The molecule has 0 spiro atoms. The fourth-order valence-electron chi connectivity index (χ4n) is 3.75. The number of rotatable bonds is 5.